The molecule has 8 N–H and O–H groups in total. The molecule has 11 nitrogen and oxygen atoms in total. The van der Waals surface area contributed by atoms with Gasteiger partial charge >= 0.3 is 5.97 Å². The van der Waals surface area contributed by atoms with Crippen LogP contribution in [0, 0.1) is 0 Å². The van der Waals surface area contributed by atoms with Gasteiger partial charge in [0.25, 0.3) is 5.97 Å². The van der Waals surface area contributed by atoms with Gasteiger partial charge in [0.1, 0.15) is 6.61 Å². The maximum atomic E-state index is 9.71. The zero-order valence-electron chi connectivity index (χ0n) is 10.6. The van der Waals surface area contributed by atoms with Crippen LogP contribution in [-0.4, -0.2) is 78.0 Å². The monoisotopic (exact) mass is 482 g/mol. The third-order valence-corrected chi connectivity index (χ3v) is 1.05. The van der Waals surface area contributed by atoms with E-state index in [1.54, 1.807) is 0 Å². The fourth-order valence-electron chi connectivity index (χ4n) is 0.156. The van der Waals surface area contributed by atoms with E-state index in [0.717, 1.165) is 0 Å². The normalized spacial score (nSPS) is 9.52. The molecule has 0 aromatic heterocycles. The molecule has 0 unspecified atom stereocenters. The maximum Gasteiger partial charge on any atom is 0.364 e. The summed E-state index contributed by atoms with van der Waals surface area (Å²) in [6, 6.07) is -2.25. The summed E-state index contributed by atoms with van der Waals surface area (Å²) in [6.07, 6.45) is 0. The molecule has 0 aliphatic carbocycles. The number of carbonyl (C=O) groups is 2. The van der Waals surface area contributed by atoms with E-state index in [9.17, 15) is 9.59 Å². The zero-order chi connectivity index (χ0) is 17.7. The van der Waals surface area contributed by atoms with Crippen molar-refractivity contribution in [3.8, 4) is 0 Å². The quantitative estimate of drug-likeness (QED) is 0.195. The number of aliphatic carboxylic acids is 2. The Morgan fingerprint density at radius 1 is 1.00 bits per heavy atom. The van der Waals surface area contributed by atoms with Gasteiger partial charge < -0.3 is 59.9 Å². The summed E-state index contributed by atoms with van der Waals surface area (Å²) in [5.41, 5.74) is 9.53. The van der Waals surface area contributed by atoms with Crippen molar-refractivity contribution in [2.75, 3.05) is 13.2 Å². The minimum Gasteiger partial charge on any atom is -0.663 e. The number of carboxylic acid groups (broad SMARTS) is 2. The Kier molecular flexibility index (Phi) is 63.2. The molecule has 0 bridgehead atoms. The fraction of sp³-hybridized carbons (Fsp3) is 0.444. The second-order valence-corrected chi connectivity index (χ2v) is 2.29. The molecule has 0 fully saturated rings. The van der Waals surface area contributed by atoms with Crippen LogP contribution in [0.3, 0.4) is 0 Å². The van der Waals surface area contributed by atoms with Gasteiger partial charge in [0.05, 0.1) is 0 Å². The number of carboxylic acids is 2. The first-order chi connectivity index (χ1) is 9.36. The van der Waals surface area contributed by atoms with E-state index < -0.39 is 37.2 Å². The molecule has 0 rings (SSSR count). The molecule has 21 heavy (non-hydrogen) atoms. The molecule has 3 radical (unpaired) electrons. The van der Waals surface area contributed by atoms with Crippen LogP contribution >= 0.6 is 0 Å². The van der Waals surface area contributed by atoms with Crippen molar-refractivity contribution in [3.63, 3.8) is 0 Å². The number of aliphatic hydroxyl groups is 2. The van der Waals surface area contributed by atoms with Crippen molar-refractivity contribution in [1.82, 2.24) is 0 Å². The first-order valence-electron chi connectivity index (χ1n) is 4.22. The van der Waals surface area contributed by atoms with Gasteiger partial charge in [0.2, 0.25) is 6.04 Å². The molecule has 0 aliphatic rings. The first-order valence-corrected chi connectivity index (χ1v) is 4.22. The summed E-state index contributed by atoms with van der Waals surface area (Å²) in [7, 11) is 0. The van der Waals surface area contributed by atoms with Gasteiger partial charge in [0.15, 0.2) is 0 Å². The molecular weight excluding hydrogens is 466 g/mol. The predicted octanol–water partition coefficient (Wildman–Crippen LogP) is -3.91. The van der Waals surface area contributed by atoms with Crippen molar-refractivity contribution in [2.24, 2.45) is 0 Å². The van der Waals surface area contributed by atoms with E-state index in [-0.39, 0.29) is 20.4 Å². The number of carbonyl (C=O) groups excluding carboxylic acids is 3. The van der Waals surface area contributed by atoms with Crippen LogP contribution in [-0.2, 0) is 44.4 Å². The van der Waals surface area contributed by atoms with Crippen LogP contribution in [0.1, 0.15) is 0 Å². The van der Waals surface area contributed by atoms with Gasteiger partial charge in [-0.2, -0.15) is 0 Å². The van der Waals surface area contributed by atoms with Gasteiger partial charge in [-0.3, -0.25) is 11.6 Å². The molecule has 0 heterocycles. The standard InChI is InChI=1S/C3H7NO3.C3H6NO3.CHO.2CO.Re/c2*4-2(1-5)3(6)7;3*1-2;/h2,5H,1,4H2,(H,6,7);2,4-5H,1H2,(H,6,7);1H;;;/q;4*-1;/p+1/t2*2-;;;;/m00..../s1. The summed E-state index contributed by atoms with van der Waals surface area (Å²) >= 11 is 0. The van der Waals surface area contributed by atoms with E-state index in [4.69, 9.17) is 40.5 Å². The van der Waals surface area contributed by atoms with E-state index in [1.807, 2.05) is 0 Å². The predicted molar refractivity (Wildman–Crippen MR) is 62.4 cm³/mol. The topological polar surface area (TPSA) is 218 Å². The smallest absolute Gasteiger partial charge is 0.364 e. The molecule has 0 amide bonds. The Morgan fingerprint density at radius 2 is 1.29 bits per heavy atom. The fourth-order valence-corrected chi connectivity index (χ4v) is 0.156. The number of quaternary nitrogens is 1. The third-order valence-electron chi connectivity index (χ3n) is 1.05. The Balaban J connectivity index is -0.0000000381. The summed E-state index contributed by atoms with van der Waals surface area (Å²) < 4.78 is 0. The second kappa shape index (κ2) is 36.2. The number of hydrogen-bond acceptors (Lipinski definition) is 7. The van der Waals surface area contributed by atoms with Gasteiger partial charge in [-0.15, -0.1) is 0 Å². The Morgan fingerprint density at radius 3 is 1.29 bits per heavy atom. The van der Waals surface area contributed by atoms with E-state index >= 15 is 0 Å². The molecular formula is C9H15N2O9Re-3. The van der Waals surface area contributed by atoms with Crippen molar-refractivity contribution in [2.45, 2.75) is 12.1 Å². The maximum absolute atomic E-state index is 9.71. The van der Waals surface area contributed by atoms with Crippen molar-refractivity contribution < 1.29 is 70.6 Å². The summed E-state index contributed by atoms with van der Waals surface area (Å²) in [6.45, 7) is 11.2. The van der Waals surface area contributed by atoms with Gasteiger partial charge in [-0.05, 0) is 6.04 Å². The summed E-state index contributed by atoms with van der Waals surface area (Å²) in [5.74, 6) is -2.36. The number of aliphatic hydroxyl groups excluding tert-OH is 2. The molecule has 0 aromatic rings. The van der Waals surface area contributed by atoms with Crippen LogP contribution in [0.15, 0.2) is 0 Å². The van der Waals surface area contributed by atoms with Crippen LogP contribution in [0.5, 0.6) is 0 Å². The first kappa shape index (κ1) is 36.6. The molecule has 0 aliphatic heterocycles. The zero-order valence-corrected chi connectivity index (χ0v) is 13.3. The van der Waals surface area contributed by atoms with Crippen LogP contribution in [0.4, 0.5) is 0 Å². The van der Waals surface area contributed by atoms with Gasteiger partial charge in [-0.25, -0.2) is 4.79 Å². The van der Waals surface area contributed by atoms with Gasteiger partial charge in [-0.1, -0.05) is 0 Å². The van der Waals surface area contributed by atoms with Gasteiger partial charge in [0, 0.05) is 27.0 Å². The molecule has 0 spiro atoms. The second-order valence-electron chi connectivity index (χ2n) is 2.29. The SMILES string of the molecule is [C-]=O.[C-]=O.[CH-]=O.[NH-][C@@H](CO)C(=O)O.[NH3+][C@@H](CO)C(=O)O.[Re]. The van der Waals surface area contributed by atoms with Crippen molar-refractivity contribution in [3.05, 3.63) is 5.73 Å². The number of hydrogen-bond donors (Lipinski definition) is 5. The summed E-state index contributed by atoms with van der Waals surface area (Å²) in [4.78, 5) is 42.0. The third kappa shape index (κ3) is 45.7. The van der Waals surface area contributed by atoms with E-state index in [1.165, 1.54) is 0 Å². The molecule has 0 saturated heterocycles. The summed E-state index contributed by atoms with van der Waals surface area (Å²) in [5, 5.41) is 31.8. The Labute approximate surface area is 134 Å². The minimum atomic E-state index is -1.38. The number of rotatable bonds is 4. The minimum absolute atomic E-state index is 0. The molecule has 125 valence electrons. The van der Waals surface area contributed by atoms with E-state index in [2.05, 4.69) is 26.1 Å². The van der Waals surface area contributed by atoms with Crippen LogP contribution < -0.4 is 5.73 Å². The van der Waals surface area contributed by atoms with Crippen molar-refractivity contribution in [1.29, 1.82) is 0 Å². The van der Waals surface area contributed by atoms with E-state index in [0.29, 0.717) is 0 Å². The Hall–Kier alpha value is -1.55. The molecule has 0 saturated carbocycles. The molecule has 2 atom stereocenters. The molecule has 12 heteroatoms. The van der Waals surface area contributed by atoms with Crippen LogP contribution in [0.2, 0.25) is 0 Å². The average Bonchev–Trinajstić information content (AvgIpc) is 2.51. The molecule has 0 aromatic carbocycles. The Bertz CT molecular complexity index is 209. The van der Waals surface area contributed by atoms with Crippen LogP contribution in [0.25, 0.3) is 5.73 Å². The average molecular weight is 481 g/mol. The largest absolute Gasteiger partial charge is 0.663 e. The number of nitrogens with one attached hydrogen (secondary N) is 1. The van der Waals surface area contributed by atoms with Crippen molar-refractivity contribution >= 4 is 32.3 Å².